The first-order valence-electron chi connectivity index (χ1n) is 12.5. The average molecular weight is 522 g/mol. The number of aryl methyl sites for hydroxylation is 1. The van der Waals surface area contributed by atoms with Crippen LogP contribution in [0.25, 0.3) is 21.8 Å². The number of aromatic nitrogens is 1. The molecular formula is C28H32ClN5O3. The molecule has 2 heterocycles. The summed E-state index contributed by atoms with van der Waals surface area (Å²) in [6.07, 6.45) is 6.20. The zero-order valence-electron chi connectivity index (χ0n) is 20.9. The summed E-state index contributed by atoms with van der Waals surface area (Å²) in [5, 5.41) is 10.3. The summed E-state index contributed by atoms with van der Waals surface area (Å²) in [6.45, 7) is 5.91. The molecule has 2 aromatic carbocycles. The number of H-pyrrole nitrogens is 1. The molecule has 3 amide bonds. The molecule has 1 aliphatic rings. The van der Waals surface area contributed by atoms with Gasteiger partial charge >= 0.3 is 0 Å². The van der Waals surface area contributed by atoms with Crippen molar-refractivity contribution in [3.05, 3.63) is 71.6 Å². The van der Waals surface area contributed by atoms with E-state index in [0.717, 1.165) is 41.1 Å². The molecule has 4 bridgehead atoms. The maximum atomic E-state index is 13.5. The molecule has 1 unspecified atom stereocenters. The van der Waals surface area contributed by atoms with Crippen LogP contribution >= 0.6 is 11.8 Å². The number of halogens is 1. The van der Waals surface area contributed by atoms with E-state index in [1.54, 1.807) is 6.08 Å². The van der Waals surface area contributed by atoms with E-state index in [4.69, 9.17) is 11.8 Å². The third-order valence-corrected chi connectivity index (χ3v) is 6.63. The normalized spacial score (nSPS) is 18.5. The molecular weight excluding hydrogens is 490 g/mol. The lowest BCUT2D eigenvalue weighted by atomic mass is 10.0. The van der Waals surface area contributed by atoms with Gasteiger partial charge in [-0.25, -0.2) is 4.84 Å². The molecule has 9 heteroatoms. The van der Waals surface area contributed by atoms with Gasteiger partial charge in [-0.1, -0.05) is 24.8 Å². The second-order valence-electron chi connectivity index (χ2n) is 9.34. The van der Waals surface area contributed by atoms with E-state index in [-0.39, 0.29) is 11.6 Å². The Hall–Kier alpha value is -3.62. The van der Waals surface area contributed by atoms with Crippen molar-refractivity contribution in [2.45, 2.75) is 51.5 Å². The quantitative estimate of drug-likeness (QED) is 0.195. The molecule has 0 saturated heterocycles. The van der Waals surface area contributed by atoms with Crippen LogP contribution in [0, 0.1) is 0 Å². The highest BCUT2D eigenvalue weighted by Gasteiger charge is 2.25. The van der Waals surface area contributed by atoms with Gasteiger partial charge in [-0.2, -0.15) is 0 Å². The largest absolute Gasteiger partial charge is 0.355 e. The highest BCUT2D eigenvalue weighted by Crippen LogP contribution is 2.30. The lowest BCUT2D eigenvalue weighted by Crippen LogP contribution is -2.42. The van der Waals surface area contributed by atoms with Crippen LogP contribution in [0.1, 0.15) is 56.2 Å². The van der Waals surface area contributed by atoms with E-state index < -0.39 is 17.9 Å². The summed E-state index contributed by atoms with van der Waals surface area (Å²) in [4.78, 5) is 44.6. The van der Waals surface area contributed by atoms with E-state index in [2.05, 4.69) is 50.5 Å². The number of nitrogens with one attached hydrogen (secondary N) is 5. The molecule has 4 rings (SSSR count). The maximum absolute atomic E-state index is 13.5. The van der Waals surface area contributed by atoms with Crippen LogP contribution in [0.15, 0.2) is 60.4 Å². The second kappa shape index (κ2) is 12.1. The molecule has 8 nitrogen and oxygen atoms in total. The van der Waals surface area contributed by atoms with Gasteiger partial charge in [-0.15, -0.1) is 0 Å². The van der Waals surface area contributed by atoms with Gasteiger partial charge in [0.25, 0.3) is 11.8 Å². The first kappa shape index (κ1) is 26.4. The fraction of sp³-hybridized carbons (Fsp3) is 0.321. The Bertz CT molecular complexity index is 1380. The SMILES string of the molecule is C=C1CCCCc2ccc3[nH]c4ccc(cc4c3c2)C(NC(C)=O)C(=O)N/C(=C\CCCNCl)C(=O)N1. The van der Waals surface area contributed by atoms with Gasteiger partial charge in [0.1, 0.15) is 11.7 Å². The predicted molar refractivity (Wildman–Crippen MR) is 147 cm³/mol. The molecule has 0 saturated carbocycles. The Labute approximate surface area is 221 Å². The molecule has 0 aliphatic carbocycles. The van der Waals surface area contributed by atoms with Crippen LogP contribution in [0.5, 0.6) is 0 Å². The number of fused-ring (bicyclic) bond motifs is 2. The zero-order chi connectivity index (χ0) is 26.4. The number of rotatable bonds is 5. The summed E-state index contributed by atoms with van der Waals surface area (Å²) in [7, 11) is 0. The minimum absolute atomic E-state index is 0.108. The van der Waals surface area contributed by atoms with Crippen molar-refractivity contribution >= 4 is 51.3 Å². The van der Waals surface area contributed by atoms with Crippen molar-refractivity contribution in [3.8, 4) is 0 Å². The zero-order valence-corrected chi connectivity index (χ0v) is 21.6. The number of amides is 3. The van der Waals surface area contributed by atoms with E-state index in [1.165, 1.54) is 12.5 Å². The van der Waals surface area contributed by atoms with Gasteiger partial charge < -0.3 is 20.9 Å². The summed E-state index contributed by atoms with van der Waals surface area (Å²) < 4.78 is 0. The molecule has 194 valence electrons. The summed E-state index contributed by atoms with van der Waals surface area (Å²) >= 11 is 5.54. The first-order valence-corrected chi connectivity index (χ1v) is 12.9. The van der Waals surface area contributed by atoms with E-state index in [1.807, 2.05) is 18.2 Å². The number of allylic oxidation sites excluding steroid dienone is 2. The average Bonchev–Trinajstić information content (AvgIpc) is 3.23. The van der Waals surface area contributed by atoms with E-state index in [0.29, 0.717) is 37.1 Å². The highest BCUT2D eigenvalue weighted by molar-refractivity contribution is 6.13. The summed E-state index contributed by atoms with van der Waals surface area (Å²) in [5.74, 6) is -1.32. The summed E-state index contributed by atoms with van der Waals surface area (Å²) in [6, 6.07) is 11.0. The summed E-state index contributed by atoms with van der Waals surface area (Å²) in [5.41, 5.74) is 4.48. The number of benzene rings is 2. The Balaban J connectivity index is 1.77. The third-order valence-electron chi connectivity index (χ3n) is 6.44. The van der Waals surface area contributed by atoms with Gasteiger partial charge in [0.15, 0.2) is 0 Å². The predicted octanol–water partition coefficient (Wildman–Crippen LogP) is 4.38. The second-order valence-corrected chi connectivity index (χ2v) is 9.61. The smallest absolute Gasteiger partial charge is 0.271 e. The number of carbonyl (C=O) groups is 3. The number of hydrogen-bond donors (Lipinski definition) is 5. The molecule has 0 fully saturated rings. The fourth-order valence-electron chi connectivity index (χ4n) is 4.58. The van der Waals surface area contributed by atoms with E-state index >= 15 is 0 Å². The van der Waals surface area contributed by atoms with Gasteiger partial charge in [0.05, 0.1) is 0 Å². The van der Waals surface area contributed by atoms with Crippen LogP contribution in [0.2, 0.25) is 0 Å². The van der Waals surface area contributed by atoms with Crippen molar-refractivity contribution in [1.29, 1.82) is 0 Å². The van der Waals surface area contributed by atoms with Gasteiger partial charge in [0.2, 0.25) is 5.91 Å². The monoisotopic (exact) mass is 521 g/mol. The van der Waals surface area contributed by atoms with Gasteiger partial charge in [0, 0.05) is 41.0 Å². The molecule has 1 aliphatic heterocycles. The highest BCUT2D eigenvalue weighted by atomic mass is 35.5. The van der Waals surface area contributed by atoms with Gasteiger partial charge in [-0.3, -0.25) is 14.4 Å². The molecule has 37 heavy (non-hydrogen) atoms. The van der Waals surface area contributed by atoms with Gasteiger partial charge in [-0.05, 0) is 85.7 Å². The van der Waals surface area contributed by atoms with Crippen LogP contribution in [-0.4, -0.2) is 29.3 Å². The van der Waals surface area contributed by atoms with Crippen molar-refractivity contribution in [1.82, 2.24) is 25.8 Å². The lowest BCUT2D eigenvalue weighted by Gasteiger charge is -2.20. The number of aromatic amines is 1. The number of carbonyl (C=O) groups excluding carboxylic acids is 3. The van der Waals surface area contributed by atoms with Crippen molar-refractivity contribution in [2.75, 3.05) is 6.54 Å². The first-order chi connectivity index (χ1) is 17.9. The fourth-order valence-corrected chi connectivity index (χ4v) is 4.71. The molecule has 3 aromatic rings. The Kier molecular flexibility index (Phi) is 8.63. The maximum Gasteiger partial charge on any atom is 0.271 e. The number of unbranched alkanes of at least 4 members (excludes halogenated alkanes) is 1. The van der Waals surface area contributed by atoms with Crippen molar-refractivity contribution in [3.63, 3.8) is 0 Å². The molecule has 0 radical (unpaired) electrons. The molecule has 0 spiro atoms. The van der Waals surface area contributed by atoms with Crippen molar-refractivity contribution in [2.24, 2.45) is 0 Å². The Morgan fingerprint density at radius 2 is 1.81 bits per heavy atom. The van der Waals surface area contributed by atoms with Crippen LogP contribution in [-0.2, 0) is 20.8 Å². The van der Waals surface area contributed by atoms with E-state index in [9.17, 15) is 14.4 Å². The molecule has 5 N–H and O–H groups in total. The minimum Gasteiger partial charge on any atom is -0.355 e. The molecule has 1 aromatic heterocycles. The van der Waals surface area contributed by atoms with Crippen molar-refractivity contribution < 1.29 is 14.4 Å². The topological polar surface area (TPSA) is 115 Å². The Morgan fingerprint density at radius 1 is 1.08 bits per heavy atom. The van der Waals surface area contributed by atoms with Crippen LogP contribution < -0.4 is 20.8 Å². The number of hydrogen-bond acceptors (Lipinski definition) is 4. The molecule has 1 atom stereocenters. The van der Waals surface area contributed by atoms with Crippen LogP contribution in [0.3, 0.4) is 0 Å². The standard InChI is InChI=1S/C28H32ClN5O3/c1-17-7-3-4-8-19-10-12-23-21(15-19)22-16-20(11-13-24(22)33-23)26(32-18(2)35)28(37)34-25(27(36)31-17)9-5-6-14-30-29/h9-13,15-16,26,30,33H,1,3-8,14H2,2H3,(H,31,36)(H,32,35)(H,34,37)/b25-9-. The van der Waals surface area contributed by atoms with Crippen LogP contribution in [0.4, 0.5) is 0 Å². The minimum atomic E-state index is -0.991. The Morgan fingerprint density at radius 3 is 2.57 bits per heavy atom. The lowest BCUT2D eigenvalue weighted by molar-refractivity contribution is -0.128. The third kappa shape index (κ3) is 6.58.